The van der Waals surface area contributed by atoms with E-state index in [-0.39, 0.29) is 16.8 Å². The van der Waals surface area contributed by atoms with Crippen LogP contribution in [0.15, 0.2) is 30.5 Å². The van der Waals surface area contributed by atoms with Crippen molar-refractivity contribution < 1.29 is 28.5 Å². The van der Waals surface area contributed by atoms with Crippen LogP contribution in [0.3, 0.4) is 0 Å². The van der Waals surface area contributed by atoms with Crippen LogP contribution in [-0.4, -0.2) is 33.1 Å². The van der Waals surface area contributed by atoms with Gasteiger partial charge in [-0.3, -0.25) is 4.79 Å². The third kappa shape index (κ3) is 3.01. The summed E-state index contributed by atoms with van der Waals surface area (Å²) in [6, 6.07) is 5.84. The first-order chi connectivity index (χ1) is 11.4. The molecule has 0 spiro atoms. The molecule has 0 aliphatic heterocycles. The fraction of sp³-hybridized carbons (Fsp3) is 0.235. The molecule has 0 unspecified atom stereocenters. The van der Waals surface area contributed by atoms with Crippen molar-refractivity contribution in [2.24, 2.45) is 0 Å². The van der Waals surface area contributed by atoms with Gasteiger partial charge in [0, 0.05) is 17.2 Å². The van der Waals surface area contributed by atoms with E-state index in [1.165, 1.54) is 38.5 Å². The maximum absolute atomic E-state index is 12.8. The van der Waals surface area contributed by atoms with Crippen LogP contribution >= 0.6 is 0 Å². The molecule has 0 radical (unpaired) electrons. The highest BCUT2D eigenvalue weighted by Gasteiger charge is 2.28. The predicted molar refractivity (Wildman–Crippen MR) is 84.5 cm³/mol. The molecule has 0 aliphatic carbocycles. The number of pyridine rings is 1. The van der Waals surface area contributed by atoms with Gasteiger partial charge in [0.05, 0.1) is 21.3 Å². The summed E-state index contributed by atoms with van der Waals surface area (Å²) in [6.45, 7) is 1.79. The lowest BCUT2D eigenvalue weighted by molar-refractivity contribution is -0.608. The minimum absolute atomic E-state index is 0.0627. The molecule has 0 saturated carbocycles. The Balaban J connectivity index is 2.62. The van der Waals surface area contributed by atoms with E-state index in [1.807, 2.05) is 0 Å². The lowest BCUT2D eigenvalue weighted by Gasteiger charge is -2.13. The zero-order valence-electron chi connectivity index (χ0n) is 13.8. The number of ether oxygens (including phenoxy) is 3. The van der Waals surface area contributed by atoms with E-state index in [4.69, 9.17) is 9.47 Å². The van der Waals surface area contributed by atoms with Gasteiger partial charge in [-0.1, -0.05) is 0 Å². The molecule has 7 heteroatoms. The Bertz CT molecular complexity index is 775. The molecule has 0 fully saturated rings. The molecule has 24 heavy (non-hydrogen) atoms. The Labute approximate surface area is 139 Å². The van der Waals surface area contributed by atoms with E-state index in [2.05, 4.69) is 4.74 Å². The lowest BCUT2D eigenvalue weighted by atomic mass is 9.99. The molecule has 126 valence electrons. The van der Waals surface area contributed by atoms with Gasteiger partial charge < -0.3 is 19.4 Å². The number of esters is 1. The van der Waals surface area contributed by atoms with Crippen molar-refractivity contribution in [3.05, 3.63) is 58.1 Å². The van der Waals surface area contributed by atoms with E-state index in [9.17, 15) is 14.8 Å². The molecular formula is C17H17NO6. The van der Waals surface area contributed by atoms with Crippen molar-refractivity contribution in [3.63, 3.8) is 0 Å². The van der Waals surface area contributed by atoms with Crippen LogP contribution in [0.1, 0.15) is 32.0 Å². The van der Waals surface area contributed by atoms with Gasteiger partial charge in [0.2, 0.25) is 0 Å². The molecule has 0 N–H and O–H groups in total. The number of hydrogen-bond donors (Lipinski definition) is 0. The molecule has 2 rings (SSSR count). The smallest absolute Gasteiger partial charge is 0.405 e. The van der Waals surface area contributed by atoms with Gasteiger partial charge in [-0.25, -0.2) is 4.79 Å². The molecule has 0 amide bonds. The lowest BCUT2D eigenvalue weighted by Crippen LogP contribution is -2.37. The van der Waals surface area contributed by atoms with Crippen molar-refractivity contribution in [1.82, 2.24) is 0 Å². The molecule has 1 aromatic heterocycles. The second kappa shape index (κ2) is 6.99. The maximum Gasteiger partial charge on any atom is 0.405 e. The van der Waals surface area contributed by atoms with Crippen molar-refractivity contribution >= 4 is 11.8 Å². The summed E-state index contributed by atoms with van der Waals surface area (Å²) < 4.78 is 15.4. The Morgan fingerprint density at radius 2 is 1.67 bits per heavy atom. The number of carbonyl (C=O) groups excluding carboxylic acids is 2. The van der Waals surface area contributed by atoms with Gasteiger partial charge in [-0.05, 0) is 25.1 Å². The molecule has 0 aliphatic rings. The Hall–Kier alpha value is -3.09. The molecule has 0 bridgehead atoms. The second-order valence-electron chi connectivity index (χ2n) is 4.92. The predicted octanol–water partition coefficient (Wildman–Crippen LogP) is 1.66. The summed E-state index contributed by atoms with van der Waals surface area (Å²) in [7, 11) is 4.09. The average Bonchev–Trinajstić information content (AvgIpc) is 2.60. The third-order valence-electron chi connectivity index (χ3n) is 3.60. The van der Waals surface area contributed by atoms with Crippen LogP contribution < -0.4 is 14.2 Å². The highest BCUT2D eigenvalue weighted by atomic mass is 16.5. The van der Waals surface area contributed by atoms with Crippen LogP contribution in [0.5, 0.6) is 11.5 Å². The normalized spacial score (nSPS) is 10.2. The fourth-order valence-electron chi connectivity index (χ4n) is 2.34. The average molecular weight is 331 g/mol. The number of hydrogen-bond acceptors (Lipinski definition) is 6. The first kappa shape index (κ1) is 17.3. The van der Waals surface area contributed by atoms with Crippen LogP contribution in [0.4, 0.5) is 0 Å². The summed E-state index contributed by atoms with van der Waals surface area (Å²) in [5, 5.41) is 11.9. The highest BCUT2D eigenvalue weighted by Crippen LogP contribution is 2.30. The van der Waals surface area contributed by atoms with Gasteiger partial charge in [-0.15, -0.1) is 0 Å². The Morgan fingerprint density at radius 3 is 2.17 bits per heavy atom. The topological polar surface area (TPSA) is 88.8 Å². The van der Waals surface area contributed by atoms with Crippen molar-refractivity contribution in [3.8, 4) is 11.5 Å². The summed E-state index contributed by atoms with van der Waals surface area (Å²) >= 11 is 0. The van der Waals surface area contributed by atoms with Crippen LogP contribution in [0, 0.1) is 12.1 Å². The molecule has 0 atom stereocenters. The molecule has 1 heterocycles. The standard InChI is InChI=1S/C17H17NO6/c1-10-13(22-2)8-11(9-14(10)23-3)16(19)12-6-5-7-18(21)15(12)17(20)24-4/h5-9H,1-4H3. The zero-order valence-corrected chi connectivity index (χ0v) is 13.8. The molecule has 1 aromatic carbocycles. The summed E-state index contributed by atoms with van der Waals surface area (Å²) in [6.07, 6.45) is 1.12. The number of nitrogens with zero attached hydrogens (tertiary/aromatic N) is 1. The van der Waals surface area contributed by atoms with Crippen LogP contribution in [-0.2, 0) is 4.74 Å². The SMILES string of the molecule is COC(=O)c1c(C(=O)c2cc(OC)c(C)c(OC)c2)ccc[n+]1[O-]. The number of aromatic nitrogens is 1. The molecular weight excluding hydrogens is 314 g/mol. The minimum atomic E-state index is -0.889. The van der Waals surface area contributed by atoms with E-state index in [1.54, 1.807) is 6.92 Å². The maximum atomic E-state index is 12.8. The Kier molecular flexibility index (Phi) is 5.03. The summed E-state index contributed by atoms with van der Waals surface area (Å²) in [5.74, 6) is -0.483. The molecule has 7 nitrogen and oxygen atoms in total. The first-order valence-corrected chi connectivity index (χ1v) is 7.02. The van der Waals surface area contributed by atoms with Gasteiger partial charge in [0.15, 0.2) is 12.0 Å². The van der Waals surface area contributed by atoms with Gasteiger partial charge in [0.1, 0.15) is 17.1 Å². The number of benzene rings is 1. The molecule has 2 aromatic rings. The fourth-order valence-corrected chi connectivity index (χ4v) is 2.34. The van der Waals surface area contributed by atoms with Gasteiger partial charge in [-0.2, -0.15) is 4.73 Å². The first-order valence-electron chi connectivity index (χ1n) is 7.02. The number of rotatable bonds is 5. The number of carbonyl (C=O) groups is 2. The quantitative estimate of drug-likeness (QED) is 0.358. The summed E-state index contributed by atoms with van der Waals surface area (Å²) in [4.78, 5) is 24.7. The number of methoxy groups -OCH3 is 3. The highest BCUT2D eigenvalue weighted by molar-refractivity contribution is 6.13. The van der Waals surface area contributed by atoms with E-state index < -0.39 is 11.8 Å². The van der Waals surface area contributed by atoms with E-state index in [0.717, 1.165) is 18.9 Å². The van der Waals surface area contributed by atoms with Gasteiger partial charge >= 0.3 is 11.7 Å². The zero-order chi connectivity index (χ0) is 17.9. The number of ketones is 1. The van der Waals surface area contributed by atoms with Crippen LogP contribution in [0.2, 0.25) is 0 Å². The molecule has 0 saturated heterocycles. The minimum Gasteiger partial charge on any atom is -0.618 e. The van der Waals surface area contributed by atoms with Crippen molar-refractivity contribution in [1.29, 1.82) is 0 Å². The summed E-state index contributed by atoms with van der Waals surface area (Å²) in [5.41, 5.74) is 0.526. The van der Waals surface area contributed by atoms with Gasteiger partial charge in [0.25, 0.3) is 0 Å². The Morgan fingerprint density at radius 1 is 1.08 bits per heavy atom. The largest absolute Gasteiger partial charge is 0.618 e. The monoisotopic (exact) mass is 331 g/mol. The van der Waals surface area contributed by atoms with Crippen molar-refractivity contribution in [2.75, 3.05) is 21.3 Å². The second-order valence-corrected chi connectivity index (χ2v) is 4.92. The van der Waals surface area contributed by atoms with E-state index in [0.29, 0.717) is 16.2 Å². The van der Waals surface area contributed by atoms with E-state index >= 15 is 0 Å². The van der Waals surface area contributed by atoms with Crippen LogP contribution in [0.25, 0.3) is 0 Å². The van der Waals surface area contributed by atoms with Crippen molar-refractivity contribution in [2.45, 2.75) is 6.92 Å². The third-order valence-corrected chi connectivity index (χ3v) is 3.60.